The van der Waals surface area contributed by atoms with Gasteiger partial charge in [-0.25, -0.2) is 10.4 Å². The van der Waals surface area contributed by atoms with E-state index in [1.165, 1.54) is 6.92 Å². The van der Waals surface area contributed by atoms with Gasteiger partial charge in [0.25, 0.3) is 0 Å². The van der Waals surface area contributed by atoms with Crippen molar-refractivity contribution in [2.45, 2.75) is 20.4 Å². The number of rotatable bonds is 5. The van der Waals surface area contributed by atoms with Crippen LogP contribution < -0.4 is 10.5 Å². The summed E-state index contributed by atoms with van der Waals surface area (Å²) in [5.41, 5.74) is 4.00. The Morgan fingerprint density at radius 3 is 2.42 bits per heavy atom. The molecule has 3 aromatic rings. The maximum Gasteiger partial charge on any atom is 0.164 e. The third kappa shape index (κ3) is 3.54. The van der Waals surface area contributed by atoms with Crippen LogP contribution in [0, 0.1) is 17.3 Å². The average Bonchev–Trinajstić information content (AvgIpc) is 2.87. The van der Waals surface area contributed by atoms with Crippen molar-refractivity contribution in [3.05, 3.63) is 81.5 Å². The highest BCUT2D eigenvalue weighted by atomic mass is 16.8. The summed E-state index contributed by atoms with van der Waals surface area (Å²) in [6, 6.07) is 14.9. The molecule has 0 saturated heterocycles. The smallest absolute Gasteiger partial charge is 0.164 e. The number of aromatic nitrogens is 1. The van der Waals surface area contributed by atoms with Gasteiger partial charge in [0.1, 0.15) is 5.70 Å². The summed E-state index contributed by atoms with van der Waals surface area (Å²) in [5.74, 6) is 0. The fraction of sp³-hybridized carbons (Fsp3) is 0.158. The topological polar surface area (TPSA) is 100 Å². The van der Waals surface area contributed by atoms with Gasteiger partial charge in [0.05, 0.1) is 0 Å². The van der Waals surface area contributed by atoms with E-state index in [0.717, 1.165) is 27.7 Å². The Kier molecular flexibility index (Phi) is 5.19. The minimum atomic E-state index is -1.01. The van der Waals surface area contributed by atoms with Crippen molar-refractivity contribution in [3.8, 4) is 0 Å². The van der Waals surface area contributed by atoms with Gasteiger partial charge in [-0.1, -0.05) is 30.3 Å². The predicted octanol–water partition coefficient (Wildman–Crippen LogP) is 1.53. The van der Waals surface area contributed by atoms with Crippen LogP contribution in [-0.2, 0) is 6.54 Å². The monoisotopic (exact) mass is 355 g/mol. The van der Waals surface area contributed by atoms with Gasteiger partial charge < -0.3 is 15.0 Å². The van der Waals surface area contributed by atoms with E-state index >= 15 is 0 Å². The lowest BCUT2D eigenvalue weighted by molar-refractivity contribution is -1.01. The molecule has 0 bridgehead atoms. The van der Waals surface area contributed by atoms with E-state index in [4.69, 9.17) is 0 Å². The van der Waals surface area contributed by atoms with E-state index in [0.29, 0.717) is 6.54 Å². The first-order valence-electron chi connectivity index (χ1n) is 8.20. The lowest BCUT2D eigenvalue weighted by atomic mass is 10.1. The number of hydrogen-bond donors (Lipinski definition) is 4. The molecule has 1 aromatic heterocycles. The quantitative estimate of drug-likeness (QED) is 0.522. The van der Waals surface area contributed by atoms with E-state index in [-0.39, 0.29) is 11.4 Å². The Morgan fingerprint density at radius 2 is 1.81 bits per heavy atom. The average molecular weight is 355 g/mol. The maximum atomic E-state index is 11.4. The van der Waals surface area contributed by atoms with Gasteiger partial charge in [-0.3, -0.25) is 0 Å². The molecule has 7 heteroatoms. The summed E-state index contributed by atoms with van der Waals surface area (Å²) < 4.78 is 2.08. The first-order chi connectivity index (χ1) is 12.4. The molecule has 26 heavy (non-hydrogen) atoms. The second-order valence-electron chi connectivity index (χ2n) is 6.24. The van der Waals surface area contributed by atoms with Crippen molar-refractivity contribution >= 4 is 22.7 Å². The normalized spacial score (nSPS) is 14.6. The molecule has 2 aromatic carbocycles. The second-order valence-corrected chi connectivity index (χ2v) is 6.24. The summed E-state index contributed by atoms with van der Waals surface area (Å²) in [6.07, 6.45) is 1.60. The van der Waals surface area contributed by atoms with Crippen LogP contribution in [0.25, 0.3) is 17.0 Å². The Hall–Kier alpha value is -2.52. The van der Waals surface area contributed by atoms with Crippen molar-refractivity contribution in [2.24, 2.45) is 0 Å². The van der Waals surface area contributed by atoms with Crippen molar-refractivity contribution in [3.63, 3.8) is 0 Å². The zero-order chi connectivity index (χ0) is 18.8. The molecule has 136 valence electrons. The van der Waals surface area contributed by atoms with Crippen molar-refractivity contribution < 1.29 is 20.9 Å². The molecule has 1 heterocycles. The number of nitrogens with zero attached hydrogens (tertiary/aromatic N) is 1. The van der Waals surface area contributed by atoms with Gasteiger partial charge in [0, 0.05) is 53.8 Å². The van der Waals surface area contributed by atoms with Gasteiger partial charge in [0.15, 0.2) is 5.69 Å². The summed E-state index contributed by atoms with van der Waals surface area (Å²) >= 11 is 0. The van der Waals surface area contributed by atoms with E-state index in [1.807, 2.05) is 37.3 Å². The molecule has 3 rings (SSSR count). The molecule has 2 unspecified atom stereocenters. The van der Waals surface area contributed by atoms with Crippen LogP contribution in [0.1, 0.15) is 23.7 Å². The molecule has 0 spiro atoms. The van der Waals surface area contributed by atoms with Crippen LogP contribution in [0.15, 0.2) is 54.2 Å². The third-order valence-corrected chi connectivity index (χ3v) is 4.50. The highest BCUT2D eigenvalue weighted by Gasteiger charge is 2.16. The molecule has 0 amide bonds. The van der Waals surface area contributed by atoms with E-state index in [1.54, 1.807) is 24.3 Å². The molecule has 0 saturated carbocycles. The minimum Gasteiger partial charge on any atom is -0.595 e. The maximum absolute atomic E-state index is 11.4. The number of hydroxylamine groups is 2. The molecule has 2 atom stereocenters. The molecular formula is C19H21N3O4. The standard InChI is InChI=1S/C19H21N3O4/c1-13(21(23)24)10-17-14(2)20(12-15-6-4-3-5-7-15)19-9-8-16(22(25)26)11-18(17)19/h3-11,21-23,25H,12H2,1-2H3. The van der Waals surface area contributed by atoms with Gasteiger partial charge in [-0.2, -0.15) is 10.5 Å². The van der Waals surface area contributed by atoms with E-state index < -0.39 is 10.5 Å². The first-order valence-corrected chi connectivity index (χ1v) is 8.20. The Bertz CT molecular complexity index is 946. The van der Waals surface area contributed by atoms with Crippen LogP contribution in [0.3, 0.4) is 0 Å². The minimum absolute atomic E-state index is 0.178. The van der Waals surface area contributed by atoms with Crippen molar-refractivity contribution in [2.75, 3.05) is 0 Å². The van der Waals surface area contributed by atoms with E-state index in [2.05, 4.69) is 4.57 Å². The van der Waals surface area contributed by atoms with Gasteiger partial charge >= 0.3 is 0 Å². The fourth-order valence-corrected chi connectivity index (χ4v) is 3.07. The van der Waals surface area contributed by atoms with Gasteiger partial charge in [-0.05, 0) is 18.6 Å². The number of fused-ring (bicyclic) bond motifs is 1. The SMILES string of the molecule is CC(=Cc1c(C)n(Cc2ccccc2)c2ccc([NH+]([O-])O)cc12)[NH+]([O-])O. The predicted molar refractivity (Wildman–Crippen MR) is 97.8 cm³/mol. The van der Waals surface area contributed by atoms with Crippen LogP contribution in [-0.4, -0.2) is 15.0 Å². The summed E-state index contributed by atoms with van der Waals surface area (Å²) in [5, 5.41) is 39.9. The molecule has 0 aliphatic rings. The van der Waals surface area contributed by atoms with Gasteiger partial charge in [-0.15, -0.1) is 0 Å². The lowest BCUT2D eigenvalue weighted by Crippen LogP contribution is -3.02. The second kappa shape index (κ2) is 7.38. The zero-order valence-electron chi connectivity index (χ0n) is 14.6. The molecule has 0 aliphatic heterocycles. The largest absolute Gasteiger partial charge is 0.595 e. The zero-order valence-corrected chi connectivity index (χ0v) is 14.6. The molecular weight excluding hydrogens is 334 g/mol. The highest BCUT2D eigenvalue weighted by Crippen LogP contribution is 2.30. The number of nitrogens with one attached hydrogen (secondary N) is 2. The fourth-order valence-electron chi connectivity index (χ4n) is 3.07. The number of allylic oxidation sites excluding steroid dienone is 1. The van der Waals surface area contributed by atoms with Crippen molar-refractivity contribution in [1.29, 1.82) is 0 Å². The molecule has 0 aliphatic carbocycles. The van der Waals surface area contributed by atoms with Crippen LogP contribution >= 0.6 is 0 Å². The Morgan fingerprint density at radius 1 is 1.12 bits per heavy atom. The van der Waals surface area contributed by atoms with E-state index in [9.17, 15) is 20.8 Å². The third-order valence-electron chi connectivity index (χ3n) is 4.50. The van der Waals surface area contributed by atoms with Gasteiger partial charge in [0.2, 0.25) is 0 Å². The molecule has 0 fully saturated rings. The van der Waals surface area contributed by atoms with Crippen LogP contribution in [0.2, 0.25) is 0 Å². The first kappa shape index (κ1) is 18.3. The van der Waals surface area contributed by atoms with Crippen molar-refractivity contribution in [1.82, 2.24) is 4.57 Å². The molecule has 7 nitrogen and oxygen atoms in total. The number of hydrogen-bond acceptors (Lipinski definition) is 4. The molecule has 4 N–H and O–H groups in total. The lowest BCUT2D eigenvalue weighted by Gasteiger charge is -2.12. The Labute approximate surface area is 150 Å². The van der Waals surface area contributed by atoms with Crippen LogP contribution in [0.5, 0.6) is 0 Å². The molecule has 0 radical (unpaired) electrons. The summed E-state index contributed by atoms with van der Waals surface area (Å²) in [6.45, 7) is 4.07. The summed E-state index contributed by atoms with van der Waals surface area (Å²) in [4.78, 5) is 0. The highest BCUT2D eigenvalue weighted by molar-refractivity contribution is 5.93. The Balaban J connectivity index is 2.22. The summed E-state index contributed by atoms with van der Waals surface area (Å²) in [7, 11) is 0. The number of quaternary nitrogens is 2. The van der Waals surface area contributed by atoms with Crippen LogP contribution in [0.4, 0.5) is 5.69 Å². The number of benzene rings is 2.